The van der Waals surface area contributed by atoms with Crippen molar-refractivity contribution in [3.05, 3.63) is 59.7 Å². The molecule has 3 rings (SSSR count). The third-order valence-corrected chi connectivity index (χ3v) is 3.62. The maximum Gasteiger partial charge on any atom is 0.0996 e. The van der Waals surface area contributed by atoms with Crippen LogP contribution in [0, 0.1) is 13.8 Å². The number of nitrogens with zero attached hydrogens (tertiary/aromatic N) is 2. The van der Waals surface area contributed by atoms with Crippen molar-refractivity contribution in [2.75, 3.05) is 0 Å². The van der Waals surface area contributed by atoms with Crippen LogP contribution in [0.15, 0.2) is 42.7 Å². The molecule has 3 nitrogen and oxygen atoms in total. The van der Waals surface area contributed by atoms with Gasteiger partial charge >= 0.3 is 0 Å². The van der Waals surface area contributed by atoms with Crippen LogP contribution in [-0.2, 0) is 6.54 Å². The first-order valence-electron chi connectivity index (χ1n) is 6.43. The van der Waals surface area contributed by atoms with Crippen molar-refractivity contribution < 1.29 is 0 Å². The summed E-state index contributed by atoms with van der Waals surface area (Å²) in [6.07, 6.45) is 1.86. The highest BCUT2D eigenvalue weighted by Crippen LogP contribution is 2.29. The molecule has 3 aromatic rings. The molecule has 96 valence electrons. The van der Waals surface area contributed by atoms with E-state index in [1.54, 1.807) is 0 Å². The van der Waals surface area contributed by atoms with E-state index in [1.165, 1.54) is 22.4 Å². The highest BCUT2D eigenvalue weighted by atomic mass is 15.0. The maximum absolute atomic E-state index is 5.65. The van der Waals surface area contributed by atoms with Crippen molar-refractivity contribution in [1.29, 1.82) is 0 Å². The summed E-state index contributed by atoms with van der Waals surface area (Å²) >= 11 is 0. The molecular formula is C16H17N3. The molecule has 2 heterocycles. The first-order chi connectivity index (χ1) is 9.20. The van der Waals surface area contributed by atoms with Crippen molar-refractivity contribution >= 4 is 5.52 Å². The van der Waals surface area contributed by atoms with Gasteiger partial charge in [0.2, 0.25) is 0 Å². The van der Waals surface area contributed by atoms with Crippen LogP contribution in [0.25, 0.3) is 16.6 Å². The molecule has 0 saturated heterocycles. The average Bonchev–Trinajstić information content (AvgIpc) is 2.76. The largest absolute Gasteiger partial charge is 0.325 e. The van der Waals surface area contributed by atoms with Gasteiger partial charge in [-0.3, -0.25) is 0 Å². The highest BCUT2D eigenvalue weighted by molar-refractivity contribution is 5.75. The SMILES string of the molecule is Cc1ccccc1-c1cc2cc(CN)ncn2c1C. The Kier molecular flexibility index (Phi) is 2.84. The standard InChI is InChI=1S/C16H17N3/c1-11-5-3-4-6-15(11)16-8-14-7-13(9-17)18-10-19(14)12(16)2/h3-8,10H,9,17H2,1-2H3. The fraction of sp³-hybridized carbons (Fsp3) is 0.188. The molecule has 0 atom stereocenters. The van der Waals surface area contributed by atoms with E-state index in [0.717, 1.165) is 11.2 Å². The summed E-state index contributed by atoms with van der Waals surface area (Å²) < 4.78 is 2.11. The number of nitrogens with two attached hydrogens (primary N) is 1. The van der Waals surface area contributed by atoms with Gasteiger partial charge in [-0.15, -0.1) is 0 Å². The topological polar surface area (TPSA) is 43.3 Å². The van der Waals surface area contributed by atoms with Gasteiger partial charge in [0.1, 0.15) is 0 Å². The Morgan fingerprint density at radius 3 is 2.63 bits per heavy atom. The molecule has 0 spiro atoms. The fourth-order valence-corrected chi connectivity index (χ4v) is 2.51. The second-order valence-electron chi connectivity index (χ2n) is 4.84. The average molecular weight is 251 g/mol. The molecule has 2 N–H and O–H groups in total. The normalized spacial score (nSPS) is 11.1. The van der Waals surface area contributed by atoms with Gasteiger partial charge in [0, 0.05) is 23.3 Å². The third-order valence-electron chi connectivity index (χ3n) is 3.62. The van der Waals surface area contributed by atoms with Crippen LogP contribution in [0.4, 0.5) is 0 Å². The Hall–Kier alpha value is -2.13. The van der Waals surface area contributed by atoms with Crippen LogP contribution < -0.4 is 5.73 Å². The maximum atomic E-state index is 5.65. The second kappa shape index (κ2) is 4.52. The van der Waals surface area contributed by atoms with Crippen LogP contribution in [0.2, 0.25) is 0 Å². The Morgan fingerprint density at radius 1 is 1.11 bits per heavy atom. The zero-order valence-electron chi connectivity index (χ0n) is 11.2. The van der Waals surface area contributed by atoms with Crippen LogP contribution in [0.5, 0.6) is 0 Å². The molecule has 19 heavy (non-hydrogen) atoms. The van der Waals surface area contributed by atoms with E-state index in [1.807, 2.05) is 6.33 Å². The monoisotopic (exact) mass is 251 g/mol. The number of benzene rings is 1. The molecule has 0 fully saturated rings. The first-order valence-corrected chi connectivity index (χ1v) is 6.43. The Balaban J connectivity index is 2.25. The molecule has 0 aliphatic heterocycles. The van der Waals surface area contributed by atoms with Gasteiger partial charge in [0.25, 0.3) is 0 Å². The number of aryl methyl sites for hydroxylation is 2. The summed E-state index contributed by atoms with van der Waals surface area (Å²) in [5.74, 6) is 0. The van der Waals surface area contributed by atoms with Crippen LogP contribution >= 0.6 is 0 Å². The molecule has 1 aromatic carbocycles. The van der Waals surface area contributed by atoms with Crippen molar-refractivity contribution in [3.8, 4) is 11.1 Å². The van der Waals surface area contributed by atoms with E-state index in [0.29, 0.717) is 6.54 Å². The van der Waals surface area contributed by atoms with Gasteiger partial charge in [0.15, 0.2) is 0 Å². The Bertz CT molecular complexity index is 741. The summed E-state index contributed by atoms with van der Waals surface area (Å²) in [7, 11) is 0. The molecule has 0 radical (unpaired) electrons. The van der Waals surface area contributed by atoms with Crippen molar-refractivity contribution in [1.82, 2.24) is 9.38 Å². The summed E-state index contributed by atoms with van der Waals surface area (Å²) in [6.45, 7) is 4.74. The van der Waals surface area contributed by atoms with Gasteiger partial charge in [-0.05, 0) is 37.1 Å². The quantitative estimate of drug-likeness (QED) is 0.760. The number of aromatic nitrogens is 2. The fourth-order valence-electron chi connectivity index (χ4n) is 2.51. The van der Waals surface area contributed by atoms with E-state index in [4.69, 9.17) is 5.73 Å². The van der Waals surface area contributed by atoms with E-state index in [2.05, 4.69) is 59.6 Å². The zero-order chi connectivity index (χ0) is 13.4. The predicted molar refractivity (Wildman–Crippen MR) is 78.0 cm³/mol. The van der Waals surface area contributed by atoms with Crippen LogP contribution in [-0.4, -0.2) is 9.38 Å². The molecular weight excluding hydrogens is 234 g/mol. The van der Waals surface area contributed by atoms with Crippen molar-refractivity contribution in [3.63, 3.8) is 0 Å². The van der Waals surface area contributed by atoms with Crippen molar-refractivity contribution in [2.24, 2.45) is 5.73 Å². The smallest absolute Gasteiger partial charge is 0.0996 e. The van der Waals surface area contributed by atoms with Gasteiger partial charge in [-0.1, -0.05) is 24.3 Å². The summed E-state index contributed by atoms with van der Waals surface area (Å²) in [5.41, 5.74) is 12.7. The summed E-state index contributed by atoms with van der Waals surface area (Å²) in [5, 5.41) is 0. The summed E-state index contributed by atoms with van der Waals surface area (Å²) in [6, 6.07) is 12.7. The molecule has 0 bridgehead atoms. The highest BCUT2D eigenvalue weighted by Gasteiger charge is 2.10. The molecule has 3 heteroatoms. The molecule has 0 unspecified atom stereocenters. The number of hydrogen-bond donors (Lipinski definition) is 1. The first kappa shape index (κ1) is 11.9. The lowest BCUT2D eigenvalue weighted by molar-refractivity contribution is 0.941. The van der Waals surface area contributed by atoms with E-state index in [9.17, 15) is 0 Å². The van der Waals surface area contributed by atoms with Gasteiger partial charge in [-0.2, -0.15) is 0 Å². The van der Waals surface area contributed by atoms with Gasteiger partial charge in [0.05, 0.1) is 12.0 Å². The van der Waals surface area contributed by atoms with Crippen molar-refractivity contribution in [2.45, 2.75) is 20.4 Å². The number of hydrogen-bond acceptors (Lipinski definition) is 2. The lowest BCUT2D eigenvalue weighted by atomic mass is 10.0. The van der Waals surface area contributed by atoms with E-state index >= 15 is 0 Å². The minimum atomic E-state index is 0.473. The molecule has 2 aromatic heterocycles. The predicted octanol–water partition coefficient (Wildman–Crippen LogP) is 3.08. The van der Waals surface area contributed by atoms with Crippen LogP contribution in [0.1, 0.15) is 17.0 Å². The van der Waals surface area contributed by atoms with E-state index < -0.39 is 0 Å². The second-order valence-corrected chi connectivity index (χ2v) is 4.84. The molecule has 0 aliphatic carbocycles. The molecule has 0 aliphatic rings. The Morgan fingerprint density at radius 2 is 1.89 bits per heavy atom. The lowest BCUT2D eigenvalue weighted by Gasteiger charge is -2.05. The minimum absolute atomic E-state index is 0.473. The molecule has 0 amide bonds. The van der Waals surface area contributed by atoms with Gasteiger partial charge in [-0.25, -0.2) is 4.98 Å². The third kappa shape index (κ3) is 1.92. The van der Waals surface area contributed by atoms with Gasteiger partial charge < -0.3 is 10.1 Å². The number of fused-ring (bicyclic) bond motifs is 1. The zero-order valence-corrected chi connectivity index (χ0v) is 11.2. The lowest BCUT2D eigenvalue weighted by Crippen LogP contribution is -2.01. The molecule has 0 saturated carbocycles. The minimum Gasteiger partial charge on any atom is -0.325 e. The Labute approximate surface area is 112 Å². The van der Waals surface area contributed by atoms with Crippen LogP contribution in [0.3, 0.4) is 0 Å². The van der Waals surface area contributed by atoms with E-state index in [-0.39, 0.29) is 0 Å². The number of rotatable bonds is 2. The summed E-state index contributed by atoms with van der Waals surface area (Å²) in [4.78, 5) is 4.35.